The average molecular weight is 405 g/mol. The van der Waals surface area contributed by atoms with Crippen LogP contribution in [0.25, 0.3) is 11.5 Å². The van der Waals surface area contributed by atoms with E-state index in [-0.39, 0.29) is 0 Å². The number of aromatic nitrogens is 3. The molecular formula is C12H8Br2ClN3O. The molecule has 4 nitrogen and oxygen atoms in total. The second kappa shape index (κ2) is 5.44. The van der Waals surface area contributed by atoms with E-state index in [1.807, 2.05) is 6.07 Å². The van der Waals surface area contributed by atoms with Crippen LogP contribution >= 0.6 is 43.5 Å². The molecule has 0 saturated carbocycles. The van der Waals surface area contributed by atoms with Crippen LogP contribution in [0, 0.1) is 0 Å². The van der Waals surface area contributed by atoms with Crippen LogP contribution in [0.15, 0.2) is 21.2 Å². The van der Waals surface area contributed by atoms with Gasteiger partial charge in [0.1, 0.15) is 10.8 Å². The summed E-state index contributed by atoms with van der Waals surface area (Å²) in [4.78, 5) is 13.2. The molecule has 0 aliphatic carbocycles. The van der Waals surface area contributed by atoms with Crippen LogP contribution < -0.4 is 0 Å². The maximum atomic E-state index is 6.20. The first-order chi connectivity index (χ1) is 9.15. The molecule has 0 bridgehead atoms. The number of fused-ring (bicyclic) bond motifs is 1. The van der Waals surface area contributed by atoms with Crippen molar-refractivity contribution >= 4 is 43.5 Å². The molecule has 0 saturated heterocycles. The standard InChI is InChI=1S/C12H8Br2ClN3O/c13-6-3-8(14)10(16-4-6)12-17-9-1-2-19-5-7(9)11(15)18-12/h3-4H,1-2,5H2. The Labute approximate surface area is 131 Å². The first-order valence-corrected chi connectivity index (χ1v) is 7.56. The summed E-state index contributed by atoms with van der Waals surface area (Å²) in [7, 11) is 0. The van der Waals surface area contributed by atoms with Gasteiger partial charge in [-0.2, -0.15) is 0 Å². The predicted octanol–water partition coefficient (Wildman–Crippen LogP) is 3.79. The minimum absolute atomic E-state index is 0.441. The van der Waals surface area contributed by atoms with Crippen molar-refractivity contribution in [3.63, 3.8) is 0 Å². The van der Waals surface area contributed by atoms with Crippen molar-refractivity contribution in [2.45, 2.75) is 13.0 Å². The van der Waals surface area contributed by atoms with E-state index >= 15 is 0 Å². The Morgan fingerprint density at radius 2 is 2.11 bits per heavy atom. The van der Waals surface area contributed by atoms with Gasteiger partial charge < -0.3 is 4.74 Å². The predicted molar refractivity (Wildman–Crippen MR) is 79.0 cm³/mol. The summed E-state index contributed by atoms with van der Waals surface area (Å²) >= 11 is 13.0. The molecule has 3 heterocycles. The highest BCUT2D eigenvalue weighted by Gasteiger charge is 2.19. The van der Waals surface area contributed by atoms with Crippen LogP contribution in [-0.2, 0) is 17.8 Å². The van der Waals surface area contributed by atoms with E-state index in [1.165, 1.54) is 0 Å². The second-order valence-electron chi connectivity index (χ2n) is 4.05. The Morgan fingerprint density at radius 3 is 2.89 bits per heavy atom. The van der Waals surface area contributed by atoms with E-state index in [0.717, 1.165) is 26.6 Å². The fourth-order valence-corrected chi connectivity index (χ4v) is 3.29. The molecule has 0 N–H and O–H groups in total. The first-order valence-electron chi connectivity index (χ1n) is 5.59. The normalized spacial score (nSPS) is 14.3. The zero-order chi connectivity index (χ0) is 13.4. The number of ether oxygens (including phenoxy) is 1. The summed E-state index contributed by atoms with van der Waals surface area (Å²) in [6.07, 6.45) is 2.46. The summed E-state index contributed by atoms with van der Waals surface area (Å²) in [5.41, 5.74) is 2.50. The lowest BCUT2D eigenvalue weighted by molar-refractivity contribution is 0.109. The van der Waals surface area contributed by atoms with Crippen molar-refractivity contribution in [2.24, 2.45) is 0 Å². The Kier molecular flexibility index (Phi) is 3.84. The molecule has 0 aromatic carbocycles. The van der Waals surface area contributed by atoms with Gasteiger partial charge in [-0.1, -0.05) is 11.6 Å². The molecule has 0 unspecified atom stereocenters. The molecule has 1 aliphatic heterocycles. The average Bonchev–Trinajstić information content (AvgIpc) is 2.38. The molecule has 0 radical (unpaired) electrons. The van der Waals surface area contributed by atoms with Crippen molar-refractivity contribution in [3.05, 3.63) is 37.6 Å². The molecule has 0 spiro atoms. The molecule has 2 aromatic heterocycles. The van der Waals surface area contributed by atoms with Crippen LogP contribution in [0.3, 0.4) is 0 Å². The van der Waals surface area contributed by atoms with Crippen molar-refractivity contribution in [1.82, 2.24) is 15.0 Å². The van der Waals surface area contributed by atoms with E-state index < -0.39 is 0 Å². The lowest BCUT2D eigenvalue weighted by Crippen LogP contribution is -2.14. The Bertz CT molecular complexity index is 651. The van der Waals surface area contributed by atoms with Gasteiger partial charge in [-0.15, -0.1) is 0 Å². The molecular weight excluding hydrogens is 397 g/mol. The molecule has 7 heteroatoms. The summed E-state index contributed by atoms with van der Waals surface area (Å²) in [5, 5.41) is 0.441. The van der Waals surface area contributed by atoms with E-state index in [2.05, 4.69) is 46.8 Å². The number of pyridine rings is 1. The number of rotatable bonds is 1. The Hall–Kier alpha value is -0.560. The third kappa shape index (κ3) is 2.67. The van der Waals surface area contributed by atoms with Gasteiger partial charge in [-0.05, 0) is 37.9 Å². The van der Waals surface area contributed by atoms with E-state index in [4.69, 9.17) is 16.3 Å². The highest BCUT2D eigenvalue weighted by molar-refractivity contribution is 9.11. The molecule has 19 heavy (non-hydrogen) atoms. The van der Waals surface area contributed by atoms with Crippen LogP contribution in [-0.4, -0.2) is 21.6 Å². The van der Waals surface area contributed by atoms with Gasteiger partial charge >= 0.3 is 0 Å². The van der Waals surface area contributed by atoms with E-state index in [1.54, 1.807) is 6.20 Å². The number of nitrogens with zero attached hydrogens (tertiary/aromatic N) is 3. The maximum Gasteiger partial charge on any atom is 0.181 e. The van der Waals surface area contributed by atoms with E-state index in [0.29, 0.717) is 29.9 Å². The highest BCUT2D eigenvalue weighted by atomic mass is 79.9. The lowest BCUT2D eigenvalue weighted by atomic mass is 10.1. The minimum atomic E-state index is 0.441. The molecule has 0 amide bonds. The summed E-state index contributed by atoms with van der Waals surface area (Å²) in [5.74, 6) is 0.532. The molecule has 3 rings (SSSR count). The van der Waals surface area contributed by atoms with Crippen LogP contribution in [0.1, 0.15) is 11.3 Å². The largest absolute Gasteiger partial charge is 0.376 e. The summed E-state index contributed by atoms with van der Waals surface area (Å²) in [6, 6.07) is 1.90. The minimum Gasteiger partial charge on any atom is -0.376 e. The van der Waals surface area contributed by atoms with Crippen LogP contribution in [0.4, 0.5) is 0 Å². The maximum absolute atomic E-state index is 6.20. The van der Waals surface area contributed by atoms with Crippen molar-refractivity contribution in [2.75, 3.05) is 6.61 Å². The second-order valence-corrected chi connectivity index (χ2v) is 6.18. The number of hydrogen-bond acceptors (Lipinski definition) is 4. The van der Waals surface area contributed by atoms with Gasteiger partial charge in [-0.25, -0.2) is 9.97 Å². The highest BCUT2D eigenvalue weighted by Crippen LogP contribution is 2.29. The topological polar surface area (TPSA) is 47.9 Å². The number of halogens is 3. The first kappa shape index (κ1) is 13.4. The lowest BCUT2D eigenvalue weighted by Gasteiger charge is -2.17. The van der Waals surface area contributed by atoms with Gasteiger partial charge in [0.15, 0.2) is 5.82 Å². The molecule has 2 aromatic rings. The van der Waals surface area contributed by atoms with Crippen LogP contribution in [0.5, 0.6) is 0 Å². The van der Waals surface area contributed by atoms with Gasteiger partial charge in [0, 0.05) is 27.1 Å². The Morgan fingerprint density at radius 1 is 1.26 bits per heavy atom. The SMILES string of the molecule is Clc1nc(-c2ncc(Br)cc2Br)nc2c1COCC2. The van der Waals surface area contributed by atoms with Gasteiger partial charge in [0.05, 0.1) is 18.9 Å². The third-order valence-corrected chi connectivity index (χ3v) is 4.14. The fourth-order valence-electron chi connectivity index (χ4n) is 1.88. The van der Waals surface area contributed by atoms with Gasteiger partial charge in [0.2, 0.25) is 0 Å². The van der Waals surface area contributed by atoms with Crippen LogP contribution in [0.2, 0.25) is 5.15 Å². The molecule has 98 valence electrons. The number of hydrogen-bond donors (Lipinski definition) is 0. The van der Waals surface area contributed by atoms with Crippen molar-refractivity contribution in [1.29, 1.82) is 0 Å². The van der Waals surface area contributed by atoms with Crippen molar-refractivity contribution in [3.8, 4) is 11.5 Å². The van der Waals surface area contributed by atoms with E-state index in [9.17, 15) is 0 Å². The molecule has 0 atom stereocenters. The van der Waals surface area contributed by atoms with Gasteiger partial charge in [-0.3, -0.25) is 4.98 Å². The summed E-state index contributed by atoms with van der Waals surface area (Å²) in [6.45, 7) is 1.14. The fraction of sp³-hybridized carbons (Fsp3) is 0.250. The Balaban J connectivity index is 2.13. The zero-order valence-corrected chi connectivity index (χ0v) is 13.6. The monoisotopic (exact) mass is 403 g/mol. The zero-order valence-electron chi connectivity index (χ0n) is 9.66. The molecule has 0 fully saturated rings. The van der Waals surface area contributed by atoms with Gasteiger partial charge in [0.25, 0.3) is 0 Å². The smallest absolute Gasteiger partial charge is 0.181 e. The third-order valence-electron chi connectivity index (χ3n) is 2.79. The summed E-state index contributed by atoms with van der Waals surface area (Å²) < 4.78 is 7.08. The molecule has 1 aliphatic rings. The quantitative estimate of drug-likeness (QED) is 0.678. The van der Waals surface area contributed by atoms with Crippen molar-refractivity contribution < 1.29 is 4.74 Å².